The summed E-state index contributed by atoms with van der Waals surface area (Å²) < 4.78 is 4.71. The topological polar surface area (TPSA) is 52.3 Å². The number of rotatable bonds is 2. The van der Waals surface area contributed by atoms with Gasteiger partial charge in [0.1, 0.15) is 0 Å². The van der Waals surface area contributed by atoms with E-state index < -0.39 is 0 Å². The standard InChI is InChI=1S/C10H19NO2/c1-8(9(12)13-2)10(11)6-4-3-5-7-10/h8H,3-7,11H2,1-2H3. The van der Waals surface area contributed by atoms with Crippen LogP contribution in [0, 0.1) is 5.92 Å². The van der Waals surface area contributed by atoms with Crippen LogP contribution >= 0.6 is 0 Å². The molecule has 1 aliphatic carbocycles. The Morgan fingerprint density at radius 3 is 2.38 bits per heavy atom. The van der Waals surface area contributed by atoms with Gasteiger partial charge in [-0.15, -0.1) is 0 Å². The molecular weight excluding hydrogens is 166 g/mol. The van der Waals surface area contributed by atoms with Crippen molar-refractivity contribution in [1.82, 2.24) is 0 Å². The van der Waals surface area contributed by atoms with Gasteiger partial charge in [-0.25, -0.2) is 0 Å². The molecule has 0 aliphatic heterocycles. The second-order valence-corrected chi connectivity index (χ2v) is 4.04. The zero-order valence-corrected chi connectivity index (χ0v) is 8.51. The number of esters is 1. The van der Waals surface area contributed by atoms with Crippen LogP contribution in [-0.4, -0.2) is 18.6 Å². The maximum absolute atomic E-state index is 11.3. The molecule has 0 heterocycles. The van der Waals surface area contributed by atoms with Crippen molar-refractivity contribution in [3.63, 3.8) is 0 Å². The maximum atomic E-state index is 11.3. The van der Waals surface area contributed by atoms with Gasteiger partial charge < -0.3 is 10.5 Å². The predicted octanol–water partition coefficient (Wildman–Crippen LogP) is 1.46. The third kappa shape index (κ3) is 2.21. The lowest BCUT2D eigenvalue weighted by Crippen LogP contribution is -2.50. The van der Waals surface area contributed by atoms with Gasteiger partial charge in [0.25, 0.3) is 0 Å². The van der Waals surface area contributed by atoms with E-state index in [2.05, 4.69) is 0 Å². The summed E-state index contributed by atoms with van der Waals surface area (Å²) in [5, 5.41) is 0. The lowest BCUT2D eigenvalue weighted by molar-refractivity contribution is -0.147. The number of nitrogens with two attached hydrogens (primary N) is 1. The minimum absolute atomic E-state index is 0.169. The van der Waals surface area contributed by atoms with Crippen molar-refractivity contribution in [1.29, 1.82) is 0 Å². The zero-order valence-electron chi connectivity index (χ0n) is 8.51. The molecule has 1 aliphatic rings. The Bertz CT molecular complexity index is 185. The van der Waals surface area contributed by atoms with Crippen LogP contribution in [0.25, 0.3) is 0 Å². The van der Waals surface area contributed by atoms with E-state index in [0.717, 1.165) is 25.7 Å². The number of hydrogen-bond donors (Lipinski definition) is 1. The van der Waals surface area contributed by atoms with Gasteiger partial charge in [0.2, 0.25) is 0 Å². The highest BCUT2D eigenvalue weighted by molar-refractivity contribution is 5.73. The summed E-state index contributed by atoms with van der Waals surface area (Å²) in [5.41, 5.74) is 5.86. The summed E-state index contributed by atoms with van der Waals surface area (Å²) >= 11 is 0. The van der Waals surface area contributed by atoms with Crippen LogP contribution in [-0.2, 0) is 9.53 Å². The number of carbonyl (C=O) groups excluding carboxylic acids is 1. The minimum atomic E-state index is -0.314. The van der Waals surface area contributed by atoms with E-state index in [1.165, 1.54) is 13.5 Å². The molecule has 1 fully saturated rings. The fourth-order valence-corrected chi connectivity index (χ4v) is 2.05. The molecule has 13 heavy (non-hydrogen) atoms. The van der Waals surface area contributed by atoms with Gasteiger partial charge >= 0.3 is 5.97 Å². The summed E-state index contributed by atoms with van der Waals surface area (Å²) in [6.45, 7) is 1.87. The molecule has 3 nitrogen and oxygen atoms in total. The van der Waals surface area contributed by atoms with Gasteiger partial charge in [-0.05, 0) is 12.8 Å². The van der Waals surface area contributed by atoms with Gasteiger partial charge in [0.05, 0.1) is 13.0 Å². The Balaban J connectivity index is 2.61. The van der Waals surface area contributed by atoms with E-state index in [1.54, 1.807) is 0 Å². The summed E-state index contributed by atoms with van der Waals surface area (Å²) in [6.07, 6.45) is 5.41. The first-order chi connectivity index (χ1) is 6.10. The van der Waals surface area contributed by atoms with Crippen LogP contribution in [0.3, 0.4) is 0 Å². The summed E-state index contributed by atoms with van der Waals surface area (Å²) in [4.78, 5) is 11.3. The first kappa shape index (κ1) is 10.5. The normalized spacial score (nSPS) is 23.6. The third-order valence-corrected chi connectivity index (χ3v) is 3.20. The molecular formula is C10H19NO2. The SMILES string of the molecule is COC(=O)C(C)C1(N)CCCCC1. The molecule has 2 N–H and O–H groups in total. The van der Waals surface area contributed by atoms with Crippen LogP contribution in [0.2, 0.25) is 0 Å². The second kappa shape index (κ2) is 4.09. The average Bonchev–Trinajstić information content (AvgIpc) is 2.16. The molecule has 0 amide bonds. The molecule has 0 aromatic rings. The molecule has 1 saturated carbocycles. The van der Waals surface area contributed by atoms with Gasteiger partial charge in [-0.1, -0.05) is 26.2 Å². The molecule has 1 rings (SSSR count). The molecule has 0 saturated heterocycles. The van der Waals surface area contributed by atoms with E-state index in [-0.39, 0.29) is 17.4 Å². The molecule has 1 unspecified atom stereocenters. The lowest BCUT2D eigenvalue weighted by atomic mass is 9.74. The van der Waals surface area contributed by atoms with Crippen molar-refractivity contribution in [2.45, 2.75) is 44.6 Å². The Morgan fingerprint density at radius 1 is 1.38 bits per heavy atom. The zero-order chi connectivity index (χ0) is 9.90. The average molecular weight is 185 g/mol. The fourth-order valence-electron chi connectivity index (χ4n) is 2.05. The van der Waals surface area contributed by atoms with Gasteiger partial charge in [-0.2, -0.15) is 0 Å². The van der Waals surface area contributed by atoms with Crippen LogP contribution in [0.15, 0.2) is 0 Å². The summed E-state index contributed by atoms with van der Waals surface area (Å²) in [5.74, 6) is -0.345. The molecule has 3 heteroatoms. The van der Waals surface area contributed by atoms with Crippen molar-refractivity contribution in [2.24, 2.45) is 11.7 Å². The van der Waals surface area contributed by atoms with Gasteiger partial charge in [0.15, 0.2) is 0 Å². The van der Waals surface area contributed by atoms with Crippen LogP contribution in [0.5, 0.6) is 0 Å². The van der Waals surface area contributed by atoms with Gasteiger partial charge in [0, 0.05) is 5.54 Å². The molecule has 0 bridgehead atoms. The third-order valence-electron chi connectivity index (χ3n) is 3.20. The number of carbonyl (C=O) groups is 1. The highest BCUT2D eigenvalue weighted by atomic mass is 16.5. The molecule has 0 aromatic carbocycles. The largest absolute Gasteiger partial charge is 0.469 e. The first-order valence-electron chi connectivity index (χ1n) is 4.97. The molecule has 1 atom stereocenters. The minimum Gasteiger partial charge on any atom is -0.469 e. The Kier molecular flexibility index (Phi) is 3.31. The highest BCUT2D eigenvalue weighted by Gasteiger charge is 2.37. The molecule has 76 valence electrons. The smallest absolute Gasteiger partial charge is 0.310 e. The van der Waals surface area contributed by atoms with Crippen LogP contribution in [0.4, 0.5) is 0 Å². The predicted molar refractivity (Wildman–Crippen MR) is 51.2 cm³/mol. The van der Waals surface area contributed by atoms with Gasteiger partial charge in [-0.3, -0.25) is 4.79 Å². The number of ether oxygens (including phenoxy) is 1. The Labute approximate surface area is 79.6 Å². The van der Waals surface area contributed by atoms with E-state index in [4.69, 9.17) is 10.5 Å². The number of hydrogen-bond acceptors (Lipinski definition) is 3. The van der Waals surface area contributed by atoms with E-state index in [1.807, 2.05) is 6.92 Å². The van der Waals surface area contributed by atoms with E-state index in [9.17, 15) is 4.79 Å². The van der Waals surface area contributed by atoms with Crippen molar-refractivity contribution < 1.29 is 9.53 Å². The van der Waals surface area contributed by atoms with E-state index in [0.29, 0.717) is 0 Å². The van der Waals surface area contributed by atoms with Crippen molar-refractivity contribution in [2.75, 3.05) is 7.11 Å². The quantitative estimate of drug-likeness (QED) is 0.662. The Morgan fingerprint density at radius 2 is 1.92 bits per heavy atom. The summed E-state index contributed by atoms with van der Waals surface area (Å²) in [6, 6.07) is 0. The monoisotopic (exact) mass is 185 g/mol. The second-order valence-electron chi connectivity index (χ2n) is 4.04. The highest BCUT2D eigenvalue weighted by Crippen LogP contribution is 2.32. The van der Waals surface area contributed by atoms with Crippen molar-refractivity contribution in [3.05, 3.63) is 0 Å². The number of methoxy groups -OCH3 is 1. The van der Waals surface area contributed by atoms with Crippen LogP contribution in [0.1, 0.15) is 39.0 Å². The summed E-state index contributed by atoms with van der Waals surface area (Å²) in [7, 11) is 1.42. The van der Waals surface area contributed by atoms with E-state index >= 15 is 0 Å². The fraction of sp³-hybridized carbons (Fsp3) is 0.900. The molecule has 0 spiro atoms. The Hall–Kier alpha value is -0.570. The lowest BCUT2D eigenvalue weighted by Gasteiger charge is -2.37. The first-order valence-corrected chi connectivity index (χ1v) is 4.97. The maximum Gasteiger partial charge on any atom is 0.310 e. The molecule has 0 radical (unpaired) electrons. The van der Waals surface area contributed by atoms with Crippen molar-refractivity contribution >= 4 is 5.97 Å². The van der Waals surface area contributed by atoms with Crippen LogP contribution < -0.4 is 5.73 Å². The molecule has 0 aromatic heterocycles. The van der Waals surface area contributed by atoms with Crippen molar-refractivity contribution in [3.8, 4) is 0 Å².